The van der Waals surface area contributed by atoms with Gasteiger partial charge in [-0.25, -0.2) is 12.8 Å². The molecular formula is C14H14FNO3S. The molecule has 0 aromatic heterocycles. The van der Waals surface area contributed by atoms with Crippen molar-refractivity contribution in [3.63, 3.8) is 0 Å². The molecule has 2 aromatic carbocycles. The van der Waals surface area contributed by atoms with Crippen molar-refractivity contribution in [1.82, 2.24) is 0 Å². The molecule has 0 fully saturated rings. The van der Waals surface area contributed by atoms with Gasteiger partial charge in [0.25, 0.3) is 0 Å². The van der Waals surface area contributed by atoms with Gasteiger partial charge in [0.1, 0.15) is 11.6 Å². The number of sulfone groups is 1. The molecule has 0 aliphatic carbocycles. The van der Waals surface area contributed by atoms with Crippen molar-refractivity contribution in [2.45, 2.75) is 10.6 Å². The van der Waals surface area contributed by atoms with Crippen molar-refractivity contribution >= 4 is 15.5 Å². The van der Waals surface area contributed by atoms with Crippen LogP contribution in [-0.2, 0) is 15.6 Å². The number of rotatable bonds is 4. The van der Waals surface area contributed by atoms with Crippen LogP contribution in [0.15, 0.2) is 47.4 Å². The summed E-state index contributed by atoms with van der Waals surface area (Å²) >= 11 is 0. The number of anilines is 1. The highest BCUT2D eigenvalue weighted by atomic mass is 32.2. The van der Waals surface area contributed by atoms with E-state index in [1.54, 1.807) is 24.3 Å². The number of ether oxygens (including phenoxy) is 1. The van der Waals surface area contributed by atoms with Crippen LogP contribution in [0, 0.1) is 5.82 Å². The summed E-state index contributed by atoms with van der Waals surface area (Å²) in [6, 6.07) is 10.1. The van der Waals surface area contributed by atoms with Gasteiger partial charge in [0.2, 0.25) is 0 Å². The number of para-hydroxylation sites is 1. The standard InChI is InChI=1S/C14H14FNO3S/c1-19-13-5-3-2-4-10(13)9-20(17,18)14-7-6-11(15)8-12(14)16/h2-8H,9,16H2,1H3. The molecule has 0 atom stereocenters. The lowest BCUT2D eigenvalue weighted by Gasteiger charge is -2.10. The van der Waals surface area contributed by atoms with E-state index in [4.69, 9.17) is 10.5 Å². The number of nitrogen functional groups attached to an aromatic ring is 1. The molecule has 0 saturated heterocycles. The number of methoxy groups -OCH3 is 1. The molecule has 0 saturated carbocycles. The van der Waals surface area contributed by atoms with Gasteiger partial charge < -0.3 is 10.5 Å². The Morgan fingerprint density at radius 1 is 1.20 bits per heavy atom. The van der Waals surface area contributed by atoms with Gasteiger partial charge in [-0.2, -0.15) is 0 Å². The van der Waals surface area contributed by atoms with E-state index in [0.717, 1.165) is 12.1 Å². The fourth-order valence-electron chi connectivity index (χ4n) is 1.91. The van der Waals surface area contributed by atoms with Gasteiger partial charge in [-0.3, -0.25) is 0 Å². The second kappa shape index (κ2) is 5.50. The Kier molecular flexibility index (Phi) is 3.94. The van der Waals surface area contributed by atoms with Gasteiger partial charge in [-0.1, -0.05) is 18.2 Å². The first kappa shape index (κ1) is 14.3. The highest BCUT2D eigenvalue weighted by Gasteiger charge is 2.20. The van der Waals surface area contributed by atoms with Crippen LogP contribution in [-0.4, -0.2) is 15.5 Å². The third kappa shape index (κ3) is 2.91. The molecule has 0 aliphatic rings. The highest BCUT2D eigenvalue weighted by molar-refractivity contribution is 7.90. The molecule has 0 unspecified atom stereocenters. The number of nitrogens with two attached hydrogens (primary N) is 1. The van der Waals surface area contributed by atoms with E-state index < -0.39 is 15.7 Å². The summed E-state index contributed by atoms with van der Waals surface area (Å²) in [5, 5.41) is 0. The monoisotopic (exact) mass is 295 g/mol. The molecule has 106 valence electrons. The largest absolute Gasteiger partial charge is 0.496 e. The van der Waals surface area contributed by atoms with Gasteiger partial charge in [-0.05, 0) is 24.3 Å². The number of hydrogen-bond donors (Lipinski definition) is 1. The predicted octanol–water partition coefficient (Wildman–Crippen LogP) is 2.39. The normalized spacial score (nSPS) is 11.3. The summed E-state index contributed by atoms with van der Waals surface area (Å²) in [4.78, 5) is -0.0789. The van der Waals surface area contributed by atoms with Crippen LogP contribution in [0.5, 0.6) is 5.75 Å². The predicted molar refractivity (Wildman–Crippen MR) is 74.7 cm³/mol. The molecule has 0 spiro atoms. The maximum atomic E-state index is 13.0. The van der Waals surface area contributed by atoms with Crippen molar-refractivity contribution in [2.24, 2.45) is 0 Å². The Bertz CT molecular complexity index is 729. The minimum absolute atomic E-state index is 0.0789. The number of hydrogen-bond acceptors (Lipinski definition) is 4. The quantitative estimate of drug-likeness (QED) is 0.694. The first-order chi connectivity index (χ1) is 9.44. The van der Waals surface area contributed by atoms with Gasteiger partial charge in [-0.15, -0.1) is 0 Å². The Balaban J connectivity index is 2.41. The molecule has 2 N–H and O–H groups in total. The summed E-state index contributed by atoms with van der Waals surface area (Å²) in [6.07, 6.45) is 0. The molecule has 0 amide bonds. The molecule has 4 nitrogen and oxygen atoms in total. The van der Waals surface area contributed by atoms with Crippen LogP contribution in [0.4, 0.5) is 10.1 Å². The van der Waals surface area contributed by atoms with Crippen molar-refractivity contribution in [3.05, 3.63) is 53.8 Å². The van der Waals surface area contributed by atoms with Crippen LogP contribution in [0.25, 0.3) is 0 Å². The first-order valence-corrected chi connectivity index (χ1v) is 7.49. The molecule has 0 bridgehead atoms. The third-order valence-corrected chi connectivity index (χ3v) is 4.58. The fraction of sp³-hybridized carbons (Fsp3) is 0.143. The van der Waals surface area contributed by atoms with E-state index in [-0.39, 0.29) is 16.3 Å². The van der Waals surface area contributed by atoms with Crippen LogP contribution < -0.4 is 10.5 Å². The second-order valence-electron chi connectivity index (χ2n) is 4.25. The van der Waals surface area contributed by atoms with Crippen molar-refractivity contribution in [2.75, 3.05) is 12.8 Å². The van der Waals surface area contributed by atoms with E-state index in [9.17, 15) is 12.8 Å². The lowest BCUT2D eigenvalue weighted by molar-refractivity contribution is 0.411. The molecule has 0 radical (unpaired) electrons. The van der Waals surface area contributed by atoms with E-state index in [2.05, 4.69) is 0 Å². The molecular weight excluding hydrogens is 281 g/mol. The van der Waals surface area contributed by atoms with E-state index in [0.29, 0.717) is 11.3 Å². The lowest BCUT2D eigenvalue weighted by Crippen LogP contribution is -2.09. The fourth-order valence-corrected chi connectivity index (χ4v) is 3.40. The Labute approximate surface area is 116 Å². The summed E-state index contributed by atoms with van der Waals surface area (Å²) < 4.78 is 42.8. The second-order valence-corrected chi connectivity index (χ2v) is 6.21. The Morgan fingerprint density at radius 2 is 1.90 bits per heavy atom. The van der Waals surface area contributed by atoms with Gasteiger partial charge >= 0.3 is 0 Å². The van der Waals surface area contributed by atoms with Gasteiger partial charge in [0.05, 0.1) is 23.4 Å². The topological polar surface area (TPSA) is 69.4 Å². The smallest absolute Gasteiger partial charge is 0.184 e. The molecule has 2 rings (SSSR count). The maximum absolute atomic E-state index is 13.0. The average Bonchev–Trinajstić information content (AvgIpc) is 2.38. The van der Waals surface area contributed by atoms with Gasteiger partial charge in [0, 0.05) is 5.56 Å². The highest BCUT2D eigenvalue weighted by Crippen LogP contribution is 2.26. The maximum Gasteiger partial charge on any atom is 0.184 e. The van der Waals surface area contributed by atoms with Crippen LogP contribution >= 0.6 is 0 Å². The van der Waals surface area contributed by atoms with Crippen LogP contribution in [0.1, 0.15) is 5.56 Å². The zero-order valence-corrected chi connectivity index (χ0v) is 11.7. The number of halogens is 1. The SMILES string of the molecule is COc1ccccc1CS(=O)(=O)c1ccc(F)cc1N. The van der Waals surface area contributed by atoms with Crippen molar-refractivity contribution in [3.8, 4) is 5.75 Å². The van der Waals surface area contributed by atoms with Crippen LogP contribution in [0.3, 0.4) is 0 Å². The molecule has 0 heterocycles. The molecule has 0 aliphatic heterocycles. The van der Waals surface area contributed by atoms with E-state index >= 15 is 0 Å². The van der Waals surface area contributed by atoms with Crippen LogP contribution in [0.2, 0.25) is 0 Å². The Hall–Kier alpha value is -2.08. The minimum atomic E-state index is -3.67. The summed E-state index contributed by atoms with van der Waals surface area (Å²) in [6.45, 7) is 0. The van der Waals surface area contributed by atoms with Gasteiger partial charge in [0.15, 0.2) is 9.84 Å². The van der Waals surface area contributed by atoms with E-state index in [1.807, 2.05) is 0 Å². The number of benzene rings is 2. The average molecular weight is 295 g/mol. The minimum Gasteiger partial charge on any atom is -0.496 e. The summed E-state index contributed by atoms with van der Waals surface area (Å²) in [5.41, 5.74) is 6.01. The van der Waals surface area contributed by atoms with E-state index in [1.165, 1.54) is 13.2 Å². The summed E-state index contributed by atoms with van der Waals surface area (Å²) in [7, 11) is -2.20. The first-order valence-electron chi connectivity index (χ1n) is 5.84. The summed E-state index contributed by atoms with van der Waals surface area (Å²) in [5.74, 6) is -0.345. The molecule has 6 heteroatoms. The van der Waals surface area contributed by atoms with Crippen molar-refractivity contribution in [1.29, 1.82) is 0 Å². The Morgan fingerprint density at radius 3 is 2.55 bits per heavy atom. The zero-order chi connectivity index (χ0) is 14.8. The molecule has 2 aromatic rings. The molecule has 20 heavy (non-hydrogen) atoms. The zero-order valence-electron chi connectivity index (χ0n) is 10.8. The lowest BCUT2D eigenvalue weighted by atomic mass is 10.2. The van der Waals surface area contributed by atoms with Crippen molar-refractivity contribution < 1.29 is 17.5 Å². The third-order valence-electron chi connectivity index (χ3n) is 2.84.